The van der Waals surface area contributed by atoms with E-state index in [4.69, 9.17) is 4.74 Å². The molecule has 128 valence electrons. The van der Waals surface area contributed by atoms with Gasteiger partial charge in [-0.1, -0.05) is 29.5 Å². The molecule has 2 aromatic rings. The molecule has 0 atom stereocenters. The summed E-state index contributed by atoms with van der Waals surface area (Å²) in [6, 6.07) is 8.22. The maximum atomic E-state index is 12.3. The molecule has 0 bridgehead atoms. The van der Waals surface area contributed by atoms with E-state index in [1.807, 2.05) is 28.9 Å². The number of piperidine rings is 1. The lowest BCUT2D eigenvalue weighted by molar-refractivity contribution is 0.0945. The van der Waals surface area contributed by atoms with E-state index in [1.54, 1.807) is 13.3 Å². The van der Waals surface area contributed by atoms with E-state index in [0.29, 0.717) is 24.9 Å². The molecule has 0 aliphatic carbocycles. The summed E-state index contributed by atoms with van der Waals surface area (Å²) in [6.07, 6.45) is 3.76. The molecule has 7 heteroatoms. The first-order chi connectivity index (χ1) is 11.8. The fourth-order valence-electron chi connectivity index (χ4n) is 2.92. The average Bonchev–Trinajstić information content (AvgIpc) is 3.12. The fourth-order valence-corrected chi connectivity index (χ4v) is 2.92. The van der Waals surface area contributed by atoms with Crippen LogP contribution in [0.15, 0.2) is 30.5 Å². The van der Waals surface area contributed by atoms with Crippen LogP contribution in [0, 0.1) is 0 Å². The number of rotatable bonds is 6. The van der Waals surface area contributed by atoms with Crippen molar-refractivity contribution < 1.29 is 9.53 Å². The molecule has 1 saturated heterocycles. The molecule has 2 heterocycles. The minimum absolute atomic E-state index is 0.206. The molecule has 0 unspecified atom stereocenters. The number of amides is 1. The van der Waals surface area contributed by atoms with Crippen LogP contribution in [0.25, 0.3) is 0 Å². The summed E-state index contributed by atoms with van der Waals surface area (Å²) >= 11 is 0. The predicted molar refractivity (Wildman–Crippen MR) is 89.5 cm³/mol. The van der Waals surface area contributed by atoms with Gasteiger partial charge in [-0.2, -0.15) is 0 Å². The number of benzene rings is 1. The van der Waals surface area contributed by atoms with Gasteiger partial charge in [-0.15, -0.1) is 5.10 Å². The molecule has 1 amide bonds. The van der Waals surface area contributed by atoms with Crippen molar-refractivity contribution in [2.24, 2.45) is 0 Å². The van der Waals surface area contributed by atoms with Crippen LogP contribution in [0.5, 0.6) is 0 Å². The van der Waals surface area contributed by atoms with Crippen LogP contribution in [-0.2, 0) is 17.9 Å². The monoisotopic (exact) mass is 329 g/mol. The standard InChI is InChI=1S/C17H23N5O2/c1-24-12-14-5-3-2-4-13(14)10-19-17(23)16-11-22(21-20-16)15-6-8-18-9-7-15/h2-5,11,15,18H,6-10,12H2,1H3,(H,19,23). The zero-order valence-corrected chi connectivity index (χ0v) is 13.9. The van der Waals surface area contributed by atoms with Gasteiger partial charge in [0.2, 0.25) is 0 Å². The van der Waals surface area contributed by atoms with Crippen LogP contribution in [0.1, 0.15) is 40.5 Å². The molecule has 2 N–H and O–H groups in total. The Labute approximate surface area is 141 Å². The van der Waals surface area contributed by atoms with Crippen LogP contribution >= 0.6 is 0 Å². The highest BCUT2D eigenvalue weighted by molar-refractivity contribution is 5.91. The molecule has 0 saturated carbocycles. The first-order valence-electron chi connectivity index (χ1n) is 8.24. The van der Waals surface area contributed by atoms with Crippen molar-refractivity contribution in [1.82, 2.24) is 25.6 Å². The minimum Gasteiger partial charge on any atom is -0.380 e. The molecule has 1 aliphatic heterocycles. The van der Waals surface area contributed by atoms with E-state index >= 15 is 0 Å². The van der Waals surface area contributed by atoms with Crippen molar-refractivity contribution in [2.45, 2.75) is 32.0 Å². The van der Waals surface area contributed by atoms with Gasteiger partial charge in [0, 0.05) is 13.7 Å². The summed E-state index contributed by atoms with van der Waals surface area (Å²) in [7, 11) is 1.66. The third kappa shape index (κ3) is 3.98. The number of carbonyl (C=O) groups excluding carboxylic acids is 1. The van der Waals surface area contributed by atoms with Gasteiger partial charge in [-0.3, -0.25) is 4.79 Å². The lowest BCUT2D eigenvalue weighted by atomic mass is 10.1. The van der Waals surface area contributed by atoms with E-state index in [0.717, 1.165) is 37.1 Å². The van der Waals surface area contributed by atoms with Crippen LogP contribution in [0.2, 0.25) is 0 Å². The number of ether oxygens (including phenoxy) is 1. The lowest BCUT2D eigenvalue weighted by Gasteiger charge is -2.22. The predicted octanol–water partition coefficient (Wildman–Crippen LogP) is 1.28. The molecule has 1 aromatic carbocycles. The van der Waals surface area contributed by atoms with Crippen molar-refractivity contribution in [3.8, 4) is 0 Å². The lowest BCUT2D eigenvalue weighted by Crippen LogP contribution is -2.29. The first-order valence-corrected chi connectivity index (χ1v) is 8.24. The summed E-state index contributed by atoms with van der Waals surface area (Å²) in [6.45, 7) is 2.92. The summed E-state index contributed by atoms with van der Waals surface area (Å²) < 4.78 is 7.00. The van der Waals surface area contributed by atoms with E-state index in [-0.39, 0.29) is 5.91 Å². The average molecular weight is 329 g/mol. The Bertz CT molecular complexity index is 679. The second-order valence-electron chi connectivity index (χ2n) is 5.95. The van der Waals surface area contributed by atoms with Gasteiger partial charge in [0.1, 0.15) is 0 Å². The van der Waals surface area contributed by atoms with Crippen molar-refractivity contribution in [3.05, 3.63) is 47.3 Å². The highest BCUT2D eigenvalue weighted by Crippen LogP contribution is 2.17. The first kappa shape index (κ1) is 16.6. The SMILES string of the molecule is COCc1ccccc1CNC(=O)c1cn(C2CCNCC2)nn1. The Kier molecular flexibility index (Phi) is 5.55. The highest BCUT2D eigenvalue weighted by atomic mass is 16.5. The van der Waals surface area contributed by atoms with Crippen LogP contribution in [-0.4, -0.2) is 41.1 Å². The van der Waals surface area contributed by atoms with Crippen molar-refractivity contribution in [1.29, 1.82) is 0 Å². The Balaban J connectivity index is 1.60. The van der Waals surface area contributed by atoms with Gasteiger partial charge in [0.05, 0.1) is 18.8 Å². The molecule has 0 radical (unpaired) electrons. The fraction of sp³-hybridized carbons (Fsp3) is 0.471. The summed E-state index contributed by atoms with van der Waals surface area (Å²) in [4.78, 5) is 12.3. The van der Waals surface area contributed by atoms with Gasteiger partial charge in [-0.05, 0) is 37.1 Å². The third-order valence-corrected chi connectivity index (χ3v) is 4.28. The Morgan fingerprint density at radius 3 is 2.83 bits per heavy atom. The number of nitrogens with one attached hydrogen (secondary N) is 2. The molecule has 7 nitrogen and oxygen atoms in total. The zero-order valence-electron chi connectivity index (χ0n) is 13.9. The molecule has 1 aromatic heterocycles. The van der Waals surface area contributed by atoms with Crippen molar-refractivity contribution >= 4 is 5.91 Å². The van der Waals surface area contributed by atoms with Gasteiger partial charge in [-0.25, -0.2) is 4.68 Å². The maximum absolute atomic E-state index is 12.3. The highest BCUT2D eigenvalue weighted by Gasteiger charge is 2.18. The zero-order chi connectivity index (χ0) is 16.8. The van der Waals surface area contributed by atoms with E-state index in [2.05, 4.69) is 20.9 Å². The van der Waals surface area contributed by atoms with Gasteiger partial charge in [0.15, 0.2) is 5.69 Å². The van der Waals surface area contributed by atoms with Crippen LogP contribution in [0.3, 0.4) is 0 Å². The van der Waals surface area contributed by atoms with Crippen LogP contribution < -0.4 is 10.6 Å². The number of methoxy groups -OCH3 is 1. The normalized spacial score (nSPS) is 15.4. The maximum Gasteiger partial charge on any atom is 0.273 e. The minimum atomic E-state index is -0.206. The molecule has 1 fully saturated rings. The molecular formula is C17H23N5O2. The van der Waals surface area contributed by atoms with Crippen molar-refractivity contribution in [3.63, 3.8) is 0 Å². The van der Waals surface area contributed by atoms with Crippen molar-refractivity contribution in [2.75, 3.05) is 20.2 Å². The topological polar surface area (TPSA) is 81.1 Å². The number of carbonyl (C=O) groups is 1. The summed E-state index contributed by atoms with van der Waals surface area (Å²) in [5.74, 6) is -0.206. The summed E-state index contributed by atoms with van der Waals surface area (Å²) in [5, 5.41) is 14.4. The van der Waals surface area contributed by atoms with E-state index in [1.165, 1.54) is 0 Å². The second-order valence-corrected chi connectivity index (χ2v) is 5.95. The van der Waals surface area contributed by atoms with Crippen LogP contribution in [0.4, 0.5) is 0 Å². The largest absolute Gasteiger partial charge is 0.380 e. The molecule has 3 rings (SSSR count). The smallest absolute Gasteiger partial charge is 0.273 e. The molecular weight excluding hydrogens is 306 g/mol. The quantitative estimate of drug-likeness (QED) is 0.834. The molecule has 0 spiro atoms. The number of hydrogen-bond donors (Lipinski definition) is 2. The van der Waals surface area contributed by atoms with E-state index < -0.39 is 0 Å². The van der Waals surface area contributed by atoms with Gasteiger partial charge < -0.3 is 15.4 Å². The summed E-state index contributed by atoms with van der Waals surface area (Å²) in [5.41, 5.74) is 2.47. The molecule has 24 heavy (non-hydrogen) atoms. The number of hydrogen-bond acceptors (Lipinski definition) is 5. The van der Waals surface area contributed by atoms with E-state index in [9.17, 15) is 4.79 Å². The Hall–Kier alpha value is -2.25. The third-order valence-electron chi connectivity index (χ3n) is 4.28. The Morgan fingerprint density at radius 2 is 2.08 bits per heavy atom. The number of aromatic nitrogens is 3. The Morgan fingerprint density at radius 1 is 1.33 bits per heavy atom. The second kappa shape index (κ2) is 8.03. The van der Waals surface area contributed by atoms with Gasteiger partial charge >= 0.3 is 0 Å². The molecule has 1 aliphatic rings. The van der Waals surface area contributed by atoms with Gasteiger partial charge in [0.25, 0.3) is 5.91 Å². The number of nitrogens with zero attached hydrogens (tertiary/aromatic N) is 3.